The second-order valence-corrected chi connectivity index (χ2v) is 4.20. The molecule has 0 atom stereocenters. The molecule has 0 spiro atoms. The highest BCUT2D eigenvalue weighted by Gasteiger charge is 2.13. The third kappa shape index (κ3) is 3.41. The fourth-order valence-electron chi connectivity index (χ4n) is 1.86. The zero-order valence-corrected chi connectivity index (χ0v) is 11.8. The van der Waals surface area contributed by atoms with E-state index in [0.29, 0.717) is 22.8 Å². The Morgan fingerprint density at radius 2 is 1.95 bits per heavy atom. The van der Waals surface area contributed by atoms with E-state index >= 15 is 0 Å². The van der Waals surface area contributed by atoms with Crippen LogP contribution in [0.1, 0.15) is 11.3 Å². The Balaban J connectivity index is 2.16. The van der Waals surface area contributed by atoms with Gasteiger partial charge in [-0.1, -0.05) is 6.07 Å². The number of hydrogen-bond acceptors (Lipinski definition) is 5. The van der Waals surface area contributed by atoms with Gasteiger partial charge in [-0.25, -0.2) is 4.39 Å². The second-order valence-electron chi connectivity index (χ2n) is 4.20. The second kappa shape index (κ2) is 6.90. The quantitative estimate of drug-likeness (QED) is 0.885. The Bertz CT molecular complexity index is 619. The van der Waals surface area contributed by atoms with Gasteiger partial charge in [-0.15, -0.1) is 0 Å². The average molecular weight is 293 g/mol. The first-order valence-corrected chi connectivity index (χ1v) is 6.27. The number of nitrogens with zero attached hydrogens (tertiary/aromatic N) is 1. The van der Waals surface area contributed by atoms with Crippen molar-refractivity contribution in [3.05, 3.63) is 47.5 Å². The van der Waals surface area contributed by atoms with Crippen LogP contribution in [-0.4, -0.2) is 24.3 Å². The molecule has 2 aromatic rings. The molecule has 0 bridgehead atoms. The molecule has 1 aromatic carbocycles. The lowest BCUT2D eigenvalue weighted by Gasteiger charge is -2.13. The molecule has 112 valence electrons. The lowest BCUT2D eigenvalue weighted by atomic mass is 10.2. The summed E-state index contributed by atoms with van der Waals surface area (Å²) in [4.78, 5) is 4.14. The fourth-order valence-corrected chi connectivity index (χ4v) is 1.86. The molecule has 2 rings (SSSR count). The van der Waals surface area contributed by atoms with Crippen molar-refractivity contribution in [1.29, 1.82) is 0 Å². The van der Waals surface area contributed by atoms with Crippen LogP contribution in [0.15, 0.2) is 30.5 Å². The van der Waals surface area contributed by atoms with Gasteiger partial charge in [0.15, 0.2) is 23.1 Å². The van der Waals surface area contributed by atoms with Crippen molar-refractivity contribution in [2.75, 3.05) is 14.2 Å². The van der Waals surface area contributed by atoms with E-state index in [4.69, 9.17) is 19.3 Å². The summed E-state index contributed by atoms with van der Waals surface area (Å²) in [6.07, 6.45) is 1.56. The summed E-state index contributed by atoms with van der Waals surface area (Å²) in [5.41, 5.74) is 0.986. The van der Waals surface area contributed by atoms with Crippen LogP contribution >= 0.6 is 0 Å². The summed E-state index contributed by atoms with van der Waals surface area (Å²) in [7, 11) is 3.02. The molecule has 0 unspecified atom stereocenters. The average Bonchev–Trinajstić information content (AvgIpc) is 2.52. The highest BCUT2D eigenvalue weighted by molar-refractivity contribution is 5.42. The Labute approximate surface area is 121 Å². The van der Waals surface area contributed by atoms with E-state index in [0.717, 1.165) is 0 Å². The minimum atomic E-state index is -0.539. The number of hydrogen-bond donors (Lipinski definition) is 1. The number of benzene rings is 1. The minimum absolute atomic E-state index is 0.0375. The predicted octanol–water partition coefficient (Wildman–Crippen LogP) is 2.31. The number of ether oxygens (including phenoxy) is 3. The van der Waals surface area contributed by atoms with Gasteiger partial charge in [-0.2, -0.15) is 0 Å². The van der Waals surface area contributed by atoms with Gasteiger partial charge < -0.3 is 19.3 Å². The van der Waals surface area contributed by atoms with Gasteiger partial charge in [0.25, 0.3) is 0 Å². The Morgan fingerprint density at radius 3 is 2.57 bits per heavy atom. The minimum Gasteiger partial charge on any atom is -0.493 e. The fraction of sp³-hybridized carbons (Fsp3) is 0.267. The van der Waals surface area contributed by atoms with Crippen molar-refractivity contribution in [3.8, 4) is 17.2 Å². The molecular weight excluding hydrogens is 277 g/mol. The van der Waals surface area contributed by atoms with Crippen LogP contribution in [0, 0.1) is 5.82 Å². The SMILES string of the molecule is COc1ccnc(COc2ccc(CO)cc2F)c1OC. The highest BCUT2D eigenvalue weighted by Crippen LogP contribution is 2.30. The molecule has 0 fully saturated rings. The Kier molecular flexibility index (Phi) is 4.94. The zero-order chi connectivity index (χ0) is 15.2. The van der Waals surface area contributed by atoms with E-state index in [1.54, 1.807) is 18.3 Å². The molecule has 0 saturated carbocycles. The predicted molar refractivity (Wildman–Crippen MR) is 74.0 cm³/mol. The van der Waals surface area contributed by atoms with Crippen LogP contribution in [0.5, 0.6) is 17.2 Å². The number of aromatic nitrogens is 1. The van der Waals surface area contributed by atoms with E-state index in [-0.39, 0.29) is 19.0 Å². The molecule has 0 radical (unpaired) electrons. The van der Waals surface area contributed by atoms with Crippen molar-refractivity contribution in [1.82, 2.24) is 4.98 Å². The van der Waals surface area contributed by atoms with Crippen LogP contribution in [0.4, 0.5) is 4.39 Å². The molecule has 1 N–H and O–H groups in total. The maximum absolute atomic E-state index is 13.8. The number of pyridine rings is 1. The molecule has 0 aliphatic rings. The van der Waals surface area contributed by atoms with Gasteiger partial charge in [0.2, 0.25) is 0 Å². The van der Waals surface area contributed by atoms with Crippen LogP contribution in [0.25, 0.3) is 0 Å². The third-order valence-corrected chi connectivity index (χ3v) is 2.91. The highest BCUT2D eigenvalue weighted by atomic mass is 19.1. The summed E-state index contributed by atoms with van der Waals surface area (Å²) in [5.74, 6) is 0.525. The molecule has 1 heterocycles. The van der Waals surface area contributed by atoms with Crippen molar-refractivity contribution in [3.63, 3.8) is 0 Å². The topological polar surface area (TPSA) is 60.8 Å². The lowest BCUT2D eigenvalue weighted by Crippen LogP contribution is -2.04. The van der Waals surface area contributed by atoms with E-state index in [2.05, 4.69) is 4.98 Å². The van der Waals surface area contributed by atoms with Gasteiger partial charge in [-0.3, -0.25) is 4.98 Å². The Morgan fingerprint density at radius 1 is 1.14 bits per heavy atom. The van der Waals surface area contributed by atoms with E-state index in [9.17, 15) is 4.39 Å². The first-order chi connectivity index (χ1) is 10.2. The number of rotatable bonds is 6. The standard InChI is InChI=1S/C15H16FNO4/c1-19-14-5-6-17-12(15(14)20-2)9-21-13-4-3-10(8-18)7-11(13)16/h3-7,18H,8-9H2,1-2H3. The largest absolute Gasteiger partial charge is 0.493 e. The van der Waals surface area contributed by atoms with Crippen LogP contribution in [0.3, 0.4) is 0 Å². The molecule has 0 aliphatic heterocycles. The lowest BCUT2D eigenvalue weighted by molar-refractivity contribution is 0.269. The molecule has 6 heteroatoms. The zero-order valence-electron chi connectivity index (χ0n) is 11.8. The number of methoxy groups -OCH3 is 2. The van der Waals surface area contributed by atoms with Gasteiger partial charge in [0.1, 0.15) is 12.3 Å². The first-order valence-electron chi connectivity index (χ1n) is 6.27. The van der Waals surface area contributed by atoms with E-state index in [1.165, 1.54) is 26.4 Å². The van der Waals surface area contributed by atoms with Crippen LogP contribution < -0.4 is 14.2 Å². The molecule has 5 nitrogen and oxygen atoms in total. The monoisotopic (exact) mass is 293 g/mol. The molecule has 1 aromatic heterocycles. The molecule has 0 aliphatic carbocycles. The smallest absolute Gasteiger partial charge is 0.185 e. The molecular formula is C15H16FNO4. The van der Waals surface area contributed by atoms with E-state index < -0.39 is 5.82 Å². The van der Waals surface area contributed by atoms with Crippen LogP contribution in [-0.2, 0) is 13.2 Å². The van der Waals surface area contributed by atoms with Gasteiger partial charge >= 0.3 is 0 Å². The number of halogens is 1. The number of aliphatic hydroxyl groups excluding tert-OH is 1. The van der Waals surface area contributed by atoms with Crippen molar-refractivity contribution < 1.29 is 23.7 Å². The van der Waals surface area contributed by atoms with Gasteiger partial charge in [0, 0.05) is 12.3 Å². The first kappa shape index (κ1) is 15.1. The maximum Gasteiger partial charge on any atom is 0.185 e. The van der Waals surface area contributed by atoms with Gasteiger partial charge in [-0.05, 0) is 17.7 Å². The van der Waals surface area contributed by atoms with Crippen LogP contribution in [0.2, 0.25) is 0 Å². The normalized spacial score (nSPS) is 10.3. The number of aliphatic hydroxyl groups is 1. The third-order valence-electron chi connectivity index (χ3n) is 2.91. The molecule has 21 heavy (non-hydrogen) atoms. The van der Waals surface area contributed by atoms with Crippen molar-refractivity contribution in [2.45, 2.75) is 13.2 Å². The summed E-state index contributed by atoms with van der Waals surface area (Å²) in [6, 6.07) is 5.95. The molecule has 0 saturated heterocycles. The summed E-state index contributed by atoms with van der Waals surface area (Å²) < 4.78 is 29.6. The summed E-state index contributed by atoms with van der Waals surface area (Å²) >= 11 is 0. The van der Waals surface area contributed by atoms with Crippen molar-refractivity contribution >= 4 is 0 Å². The van der Waals surface area contributed by atoms with Gasteiger partial charge in [0.05, 0.1) is 20.8 Å². The molecule has 0 amide bonds. The van der Waals surface area contributed by atoms with Crippen molar-refractivity contribution in [2.24, 2.45) is 0 Å². The summed E-state index contributed by atoms with van der Waals surface area (Å²) in [6.45, 7) is -0.182. The summed E-state index contributed by atoms with van der Waals surface area (Å²) in [5, 5.41) is 8.94. The Hall–Kier alpha value is -2.34. The maximum atomic E-state index is 13.8. The van der Waals surface area contributed by atoms with E-state index in [1.807, 2.05) is 0 Å².